The maximum atomic E-state index is 12.3. The molecule has 4 nitrogen and oxygen atoms in total. The van der Waals surface area contributed by atoms with Gasteiger partial charge in [-0.15, -0.1) is 0 Å². The maximum absolute atomic E-state index is 12.3. The highest BCUT2D eigenvalue weighted by Crippen LogP contribution is 2.30. The van der Waals surface area contributed by atoms with E-state index in [4.69, 9.17) is 9.47 Å². The molecule has 0 amide bonds. The lowest BCUT2D eigenvalue weighted by molar-refractivity contribution is -0.155. The molecule has 0 aromatic carbocycles. The Balaban J connectivity index is 1.98. The van der Waals surface area contributed by atoms with Gasteiger partial charge in [-0.1, -0.05) is 85.0 Å². The van der Waals surface area contributed by atoms with Gasteiger partial charge in [0.2, 0.25) is 0 Å². The molecule has 31 heavy (non-hydrogen) atoms. The van der Waals surface area contributed by atoms with Gasteiger partial charge in [-0.25, -0.2) is 0 Å². The Morgan fingerprint density at radius 2 is 1.03 bits per heavy atom. The van der Waals surface area contributed by atoms with E-state index < -0.39 is 0 Å². The predicted octanol–water partition coefficient (Wildman–Crippen LogP) is 7.63. The lowest BCUT2D eigenvalue weighted by atomic mass is 9.82. The van der Waals surface area contributed by atoms with E-state index in [2.05, 4.69) is 20.8 Å². The maximum Gasteiger partial charge on any atom is 0.308 e. The van der Waals surface area contributed by atoms with Crippen LogP contribution in [-0.4, -0.2) is 25.2 Å². The molecule has 0 unspecified atom stereocenters. The lowest BCUT2D eigenvalue weighted by Crippen LogP contribution is -2.28. The molecule has 0 bridgehead atoms. The zero-order chi connectivity index (χ0) is 22.7. The van der Waals surface area contributed by atoms with Gasteiger partial charge >= 0.3 is 11.9 Å². The zero-order valence-corrected chi connectivity index (χ0v) is 20.8. The van der Waals surface area contributed by atoms with Gasteiger partial charge in [0.25, 0.3) is 0 Å². The molecule has 1 saturated carbocycles. The molecule has 0 atom stereocenters. The number of esters is 2. The number of carbonyl (C=O) groups excluding carboxylic acids is 2. The van der Waals surface area contributed by atoms with Gasteiger partial charge in [-0.05, 0) is 50.9 Å². The molecule has 0 aromatic rings. The monoisotopic (exact) mass is 438 g/mol. The van der Waals surface area contributed by atoms with Crippen LogP contribution in [0.3, 0.4) is 0 Å². The fourth-order valence-electron chi connectivity index (χ4n) is 4.39. The third-order valence-electron chi connectivity index (χ3n) is 6.56. The first-order valence-electron chi connectivity index (χ1n) is 13.4. The molecular weight excluding hydrogens is 388 g/mol. The van der Waals surface area contributed by atoms with E-state index in [1.54, 1.807) is 0 Å². The normalized spacial score (nSPS) is 18.8. The van der Waals surface area contributed by atoms with Crippen molar-refractivity contribution in [2.75, 3.05) is 13.2 Å². The van der Waals surface area contributed by atoms with Gasteiger partial charge in [0.15, 0.2) is 0 Å². The number of hydrogen-bond donors (Lipinski definition) is 0. The first-order valence-corrected chi connectivity index (χ1v) is 13.4. The van der Waals surface area contributed by atoms with Crippen LogP contribution in [0.5, 0.6) is 0 Å². The Morgan fingerprint density at radius 1 is 0.645 bits per heavy atom. The average Bonchev–Trinajstić information content (AvgIpc) is 2.76. The number of unbranched alkanes of at least 4 members (excludes halogenated alkanes) is 10. The van der Waals surface area contributed by atoms with E-state index >= 15 is 0 Å². The summed E-state index contributed by atoms with van der Waals surface area (Å²) in [6.07, 6.45) is 19.1. The van der Waals surface area contributed by atoms with Crippen LogP contribution in [-0.2, 0) is 19.1 Å². The van der Waals surface area contributed by atoms with Gasteiger partial charge in [-0.3, -0.25) is 9.59 Å². The van der Waals surface area contributed by atoms with Crippen molar-refractivity contribution in [3.63, 3.8) is 0 Å². The molecule has 0 heterocycles. The fourth-order valence-corrected chi connectivity index (χ4v) is 4.39. The number of hydrogen-bond acceptors (Lipinski definition) is 4. The molecule has 0 radical (unpaired) electrons. The average molecular weight is 439 g/mol. The Bertz CT molecular complexity index is 452. The molecule has 1 fully saturated rings. The molecule has 0 spiro atoms. The van der Waals surface area contributed by atoms with E-state index in [9.17, 15) is 9.59 Å². The van der Waals surface area contributed by atoms with Crippen LogP contribution < -0.4 is 0 Å². The summed E-state index contributed by atoms with van der Waals surface area (Å²) in [6.45, 7) is 7.77. The van der Waals surface area contributed by atoms with Crippen molar-refractivity contribution in [2.24, 2.45) is 17.8 Å². The van der Waals surface area contributed by atoms with Crippen molar-refractivity contribution in [3.8, 4) is 0 Å². The SMILES string of the molecule is CCCCCCCCCCCCOC(=O)C1CCC(C(=O)OCCCCC(C)C)CC1. The largest absolute Gasteiger partial charge is 0.465 e. The van der Waals surface area contributed by atoms with Crippen molar-refractivity contribution >= 4 is 11.9 Å². The molecule has 182 valence electrons. The van der Waals surface area contributed by atoms with Gasteiger partial charge in [0.05, 0.1) is 25.0 Å². The quantitative estimate of drug-likeness (QED) is 0.163. The third-order valence-corrected chi connectivity index (χ3v) is 6.56. The van der Waals surface area contributed by atoms with E-state index in [1.807, 2.05) is 0 Å². The summed E-state index contributed by atoms with van der Waals surface area (Å²) in [7, 11) is 0. The smallest absolute Gasteiger partial charge is 0.308 e. The second kappa shape index (κ2) is 18.5. The highest BCUT2D eigenvalue weighted by atomic mass is 16.5. The molecule has 1 aliphatic carbocycles. The van der Waals surface area contributed by atoms with Crippen LogP contribution >= 0.6 is 0 Å². The number of rotatable bonds is 18. The number of carbonyl (C=O) groups is 2. The van der Waals surface area contributed by atoms with Crippen molar-refractivity contribution in [2.45, 2.75) is 130 Å². The minimum Gasteiger partial charge on any atom is -0.465 e. The highest BCUT2D eigenvalue weighted by molar-refractivity contribution is 5.75. The van der Waals surface area contributed by atoms with E-state index in [0.717, 1.165) is 51.4 Å². The molecule has 0 aromatic heterocycles. The second-order valence-corrected chi connectivity index (χ2v) is 9.96. The zero-order valence-electron chi connectivity index (χ0n) is 20.8. The molecular formula is C27H50O4. The van der Waals surface area contributed by atoms with E-state index in [0.29, 0.717) is 19.1 Å². The molecule has 0 aliphatic heterocycles. The van der Waals surface area contributed by atoms with Crippen LogP contribution in [0.2, 0.25) is 0 Å². The standard InChI is InChI=1S/C27H50O4/c1-4-5-6-7-8-9-10-11-12-14-21-30-26(28)24-17-19-25(20-18-24)27(29)31-22-15-13-16-23(2)3/h23-25H,4-22H2,1-3H3. The third kappa shape index (κ3) is 14.6. The van der Waals surface area contributed by atoms with Crippen molar-refractivity contribution < 1.29 is 19.1 Å². The molecule has 1 rings (SSSR count). The summed E-state index contributed by atoms with van der Waals surface area (Å²) >= 11 is 0. The van der Waals surface area contributed by atoms with Crippen LogP contribution in [0.15, 0.2) is 0 Å². The second-order valence-electron chi connectivity index (χ2n) is 9.96. The highest BCUT2D eigenvalue weighted by Gasteiger charge is 2.31. The Kier molecular flexibility index (Phi) is 16.7. The van der Waals surface area contributed by atoms with Gasteiger partial charge in [0, 0.05) is 0 Å². The van der Waals surface area contributed by atoms with E-state index in [-0.39, 0.29) is 23.8 Å². The Labute approximate surface area is 192 Å². The van der Waals surface area contributed by atoms with Crippen LogP contribution in [0.4, 0.5) is 0 Å². The lowest BCUT2D eigenvalue weighted by Gasteiger charge is -2.26. The topological polar surface area (TPSA) is 52.6 Å². The summed E-state index contributed by atoms with van der Waals surface area (Å²) in [5, 5.41) is 0. The van der Waals surface area contributed by atoms with Crippen LogP contribution in [0, 0.1) is 17.8 Å². The summed E-state index contributed by atoms with van der Waals surface area (Å²) in [4.78, 5) is 24.5. The fraction of sp³-hybridized carbons (Fsp3) is 0.926. The molecule has 0 saturated heterocycles. The minimum atomic E-state index is -0.0678. The summed E-state index contributed by atoms with van der Waals surface area (Å²) in [6, 6.07) is 0. The van der Waals surface area contributed by atoms with Gasteiger partial charge in [-0.2, -0.15) is 0 Å². The predicted molar refractivity (Wildman–Crippen MR) is 128 cm³/mol. The summed E-state index contributed by atoms with van der Waals surface area (Å²) in [5.74, 6) is 0.517. The summed E-state index contributed by atoms with van der Waals surface area (Å²) < 4.78 is 11.0. The van der Waals surface area contributed by atoms with Gasteiger partial charge in [0.1, 0.15) is 0 Å². The van der Waals surface area contributed by atoms with Crippen LogP contribution in [0.1, 0.15) is 130 Å². The number of ether oxygens (including phenoxy) is 2. The first kappa shape index (κ1) is 28.0. The van der Waals surface area contributed by atoms with Gasteiger partial charge < -0.3 is 9.47 Å². The van der Waals surface area contributed by atoms with Crippen molar-refractivity contribution in [1.29, 1.82) is 0 Å². The first-order chi connectivity index (χ1) is 15.0. The van der Waals surface area contributed by atoms with Crippen molar-refractivity contribution in [3.05, 3.63) is 0 Å². The molecule has 1 aliphatic rings. The van der Waals surface area contributed by atoms with Crippen LogP contribution in [0.25, 0.3) is 0 Å². The van der Waals surface area contributed by atoms with Crippen molar-refractivity contribution in [1.82, 2.24) is 0 Å². The molecule has 0 N–H and O–H groups in total. The molecule has 4 heteroatoms. The Morgan fingerprint density at radius 3 is 1.45 bits per heavy atom. The minimum absolute atomic E-state index is 0.0294. The summed E-state index contributed by atoms with van der Waals surface area (Å²) in [5.41, 5.74) is 0. The van der Waals surface area contributed by atoms with E-state index in [1.165, 1.54) is 57.8 Å². The Hall–Kier alpha value is -1.06.